The van der Waals surface area contributed by atoms with Crippen LogP contribution in [0.25, 0.3) is 22.5 Å². The van der Waals surface area contributed by atoms with Crippen molar-refractivity contribution < 1.29 is 40.7 Å². The van der Waals surface area contributed by atoms with Gasteiger partial charge in [0.15, 0.2) is 0 Å². The van der Waals surface area contributed by atoms with Gasteiger partial charge in [0.05, 0.1) is 16.3 Å². The third-order valence-corrected chi connectivity index (χ3v) is 3.75. The van der Waals surface area contributed by atoms with Crippen LogP contribution >= 0.6 is 0 Å². The summed E-state index contributed by atoms with van der Waals surface area (Å²) in [5, 5.41) is 11.3. The van der Waals surface area contributed by atoms with Crippen molar-refractivity contribution in [1.82, 2.24) is 4.98 Å². The van der Waals surface area contributed by atoms with Crippen LogP contribution in [0.2, 0.25) is 0 Å². The van der Waals surface area contributed by atoms with Gasteiger partial charge in [-0.2, -0.15) is 0 Å². The summed E-state index contributed by atoms with van der Waals surface area (Å²) in [7, 11) is 0. The number of alkyl halides is 6. The molecule has 0 aliphatic carbocycles. The first-order chi connectivity index (χ1) is 14.4. The lowest BCUT2D eigenvalue weighted by Gasteiger charge is -2.11. The number of nitrogens with zero attached hydrogens (tertiary/aromatic N) is 2. The number of pyridine rings is 1. The van der Waals surface area contributed by atoms with Crippen LogP contribution in [-0.4, -0.2) is 22.6 Å². The molecule has 2 aromatic carbocycles. The van der Waals surface area contributed by atoms with Gasteiger partial charge in [-0.15, -0.1) is 26.3 Å². The lowest BCUT2D eigenvalue weighted by Crippen LogP contribution is -2.17. The summed E-state index contributed by atoms with van der Waals surface area (Å²) in [6, 6.07) is 11.2. The van der Waals surface area contributed by atoms with Crippen molar-refractivity contribution in [2.75, 3.05) is 0 Å². The van der Waals surface area contributed by atoms with Crippen molar-refractivity contribution in [2.45, 2.75) is 12.7 Å². The van der Waals surface area contributed by atoms with Gasteiger partial charge in [-0.1, -0.05) is 24.3 Å². The van der Waals surface area contributed by atoms with E-state index in [1.807, 2.05) is 0 Å². The second-order valence-corrected chi connectivity index (χ2v) is 6.00. The number of nitro groups is 1. The van der Waals surface area contributed by atoms with E-state index in [9.17, 15) is 36.5 Å². The number of hydrogen-bond acceptors (Lipinski definition) is 5. The molecule has 31 heavy (non-hydrogen) atoms. The Morgan fingerprint density at radius 2 is 1.16 bits per heavy atom. The Morgan fingerprint density at radius 3 is 1.52 bits per heavy atom. The van der Waals surface area contributed by atoms with Gasteiger partial charge in [-0.05, 0) is 24.3 Å². The highest BCUT2D eigenvalue weighted by Gasteiger charge is 2.32. The smallest absolute Gasteiger partial charge is 0.406 e. The SMILES string of the molecule is O=[N+]([O-])c1cc(-c2cccc(OC(F)(F)F)c2)nc(-c2cccc(OC(F)(F)F)c2)c1. The minimum Gasteiger partial charge on any atom is -0.406 e. The topological polar surface area (TPSA) is 74.5 Å². The number of halogens is 6. The first-order valence-electron chi connectivity index (χ1n) is 8.28. The molecular formula is C19H10F6N2O4. The molecule has 0 unspecified atom stereocenters. The van der Waals surface area contributed by atoms with Gasteiger partial charge < -0.3 is 9.47 Å². The van der Waals surface area contributed by atoms with Crippen LogP contribution in [0.4, 0.5) is 32.0 Å². The average Bonchev–Trinajstić information content (AvgIpc) is 2.65. The highest BCUT2D eigenvalue weighted by Crippen LogP contribution is 2.33. The van der Waals surface area contributed by atoms with Gasteiger partial charge >= 0.3 is 12.7 Å². The predicted octanol–water partition coefficient (Wildman–Crippen LogP) is 6.12. The highest BCUT2D eigenvalue weighted by molar-refractivity contribution is 5.71. The molecule has 0 saturated carbocycles. The fourth-order valence-electron chi connectivity index (χ4n) is 2.62. The Morgan fingerprint density at radius 1 is 0.742 bits per heavy atom. The number of aromatic nitrogens is 1. The summed E-state index contributed by atoms with van der Waals surface area (Å²) >= 11 is 0. The second kappa shape index (κ2) is 8.13. The van der Waals surface area contributed by atoms with Crippen LogP contribution in [0.1, 0.15) is 0 Å². The van der Waals surface area contributed by atoms with E-state index in [0.29, 0.717) is 0 Å². The van der Waals surface area contributed by atoms with Crippen LogP contribution in [0.15, 0.2) is 60.7 Å². The Bertz CT molecular complexity index is 1040. The summed E-state index contributed by atoms with van der Waals surface area (Å²) in [6.45, 7) is 0. The van der Waals surface area contributed by atoms with Crippen molar-refractivity contribution in [3.8, 4) is 34.0 Å². The molecule has 0 aliphatic heterocycles. The number of ether oxygens (including phenoxy) is 2. The molecule has 0 bridgehead atoms. The van der Waals surface area contributed by atoms with Crippen molar-refractivity contribution in [3.05, 3.63) is 70.8 Å². The molecule has 0 spiro atoms. The second-order valence-electron chi connectivity index (χ2n) is 6.00. The number of hydrogen-bond donors (Lipinski definition) is 0. The quantitative estimate of drug-likeness (QED) is 0.269. The van der Waals surface area contributed by atoms with Gasteiger partial charge in [0.25, 0.3) is 5.69 Å². The number of benzene rings is 2. The van der Waals surface area contributed by atoms with E-state index in [4.69, 9.17) is 0 Å². The Kier molecular flexibility index (Phi) is 5.73. The van der Waals surface area contributed by atoms with Gasteiger partial charge in [0.1, 0.15) is 11.5 Å². The fraction of sp³-hybridized carbons (Fsp3) is 0.105. The van der Waals surface area contributed by atoms with E-state index in [-0.39, 0.29) is 22.5 Å². The van der Waals surface area contributed by atoms with E-state index in [0.717, 1.165) is 36.4 Å². The van der Waals surface area contributed by atoms with Gasteiger partial charge in [-0.3, -0.25) is 10.1 Å². The predicted molar refractivity (Wildman–Crippen MR) is 95.1 cm³/mol. The zero-order valence-electron chi connectivity index (χ0n) is 15.1. The van der Waals surface area contributed by atoms with E-state index < -0.39 is 34.8 Å². The Labute approximate surface area is 169 Å². The number of rotatable bonds is 5. The van der Waals surface area contributed by atoms with Gasteiger partial charge in [0.2, 0.25) is 0 Å². The first kappa shape index (κ1) is 21.9. The molecule has 0 amide bonds. The molecule has 0 fully saturated rings. The van der Waals surface area contributed by atoms with Crippen LogP contribution in [-0.2, 0) is 0 Å². The maximum absolute atomic E-state index is 12.5. The van der Waals surface area contributed by atoms with Crippen molar-refractivity contribution in [1.29, 1.82) is 0 Å². The lowest BCUT2D eigenvalue weighted by atomic mass is 10.1. The molecule has 0 radical (unpaired) electrons. The van der Waals surface area contributed by atoms with Crippen LogP contribution in [0.3, 0.4) is 0 Å². The summed E-state index contributed by atoms with van der Waals surface area (Å²) in [6.07, 6.45) is -9.89. The minimum absolute atomic E-state index is 0.0643. The largest absolute Gasteiger partial charge is 0.573 e. The van der Waals surface area contributed by atoms with Crippen molar-refractivity contribution in [2.24, 2.45) is 0 Å². The highest BCUT2D eigenvalue weighted by atomic mass is 19.4. The fourth-order valence-corrected chi connectivity index (χ4v) is 2.62. The van der Waals surface area contributed by atoms with Gasteiger partial charge in [-0.25, -0.2) is 4.98 Å². The monoisotopic (exact) mass is 444 g/mol. The third-order valence-electron chi connectivity index (χ3n) is 3.75. The maximum Gasteiger partial charge on any atom is 0.573 e. The molecular weight excluding hydrogens is 434 g/mol. The van der Waals surface area contributed by atoms with E-state index in [1.165, 1.54) is 24.3 Å². The molecule has 0 N–H and O–H groups in total. The zero-order valence-corrected chi connectivity index (χ0v) is 15.1. The van der Waals surface area contributed by atoms with Crippen molar-refractivity contribution in [3.63, 3.8) is 0 Å². The molecule has 6 nitrogen and oxygen atoms in total. The third kappa shape index (κ3) is 6.07. The normalized spacial score (nSPS) is 11.8. The molecule has 0 saturated heterocycles. The van der Waals surface area contributed by atoms with E-state index in [2.05, 4.69) is 14.5 Å². The standard InChI is InChI=1S/C19H10F6N2O4/c20-18(21,22)30-14-5-1-3-11(7-14)16-9-13(27(28)29)10-17(26-16)12-4-2-6-15(8-12)31-19(23,24)25/h1-10H. The molecule has 3 rings (SSSR count). The molecule has 162 valence electrons. The van der Waals surface area contributed by atoms with Crippen LogP contribution in [0.5, 0.6) is 11.5 Å². The summed E-state index contributed by atoms with van der Waals surface area (Å²) < 4.78 is 82.5. The van der Waals surface area contributed by atoms with Crippen molar-refractivity contribution >= 4 is 5.69 Å². The average molecular weight is 444 g/mol. The van der Waals surface area contributed by atoms with E-state index >= 15 is 0 Å². The lowest BCUT2D eigenvalue weighted by molar-refractivity contribution is -0.384. The molecule has 1 heterocycles. The molecule has 0 aliphatic rings. The molecule has 1 aromatic heterocycles. The van der Waals surface area contributed by atoms with Gasteiger partial charge in [0, 0.05) is 23.3 Å². The first-order valence-corrected chi connectivity index (χ1v) is 8.28. The minimum atomic E-state index is -4.95. The molecule has 0 atom stereocenters. The van der Waals surface area contributed by atoms with Crippen LogP contribution < -0.4 is 9.47 Å². The summed E-state index contributed by atoms with van der Waals surface area (Å²) in [4.78, 5) is 14.7. The van der Waals surface area contributed by atoms with Crippen LogP contribution in [0, 0.1) is 10.1 Å². The summed E-state index contributed by atoms with van der Waals surface area (Å²) in [5.74, 6) is -1.14. The maximum atomic E-state index is 12.5. The Balaban J connectivity index is 2.07. The van der Waals surface area contributed by atoms with E-state index in [1.54, 1.807) is 0 Å². The Hall–Kier alpha value is -3.83. The zero-order chi connectivity index (χ0) is 22.8. The summed E-state index contributed by atoms with van der Waals surface area (Å²) in [5.41, 5.74) is -0.508. The molecule has 3 aromatic rings. The molecule has 12 heteroatoms.